The van der Waals surface area contributed by atoms with Crippen LogP contribution in [0, 0.1) is 0 Å². The zero-order chi connectivity index (χ0) is 12.7. The molecule has 0 unspecified atom stereocenters. The van der Waals surface area contributed by atoms with Crippen LogP contribution in [0.4, 0.5) is 5.95 Å². The average molecular weight is 237 g/mol. The van der Waals surface area contributed by atoms with Gasteiger partial charge in [0.05, 0.1) is 12.2 Å². The minimum absolute atomic E-state index is 0.0314. The maximum absolute atomic E-state index is 11.5. The molecule has 0 aliphatic heterocycles. The van der Waals surface area contributed by atoms with E-state index in [0.717, 1.165) is 5.69 Å². The summed E-state index contributed by atoms with van der Waals surface area (Å²) in [5, 5.41) is 2.75. The lowest BCUT2D eigenvalue weighted by Gasteiger charge is -2.20. The van der Waals surface area contributed by atoms with E-state index in [2.05, 4.69) is 15.3 Å². The van der Waals surface area contributed by atoms with Crippen LogP contribution in [-0.2, 0) is 11.3 Å². The number of nitrogens with one attached hydrogen (secondary N) is 1. The molecule has 0 bridgehead atoms. The number of nitrogens with zero attached hydrogens (tertiary/aromatic N) is 3. The number of anilines is 1. The number of rotatable bonds is 6. The van der Waals surface area contributed by atoms with Gasteiger partial charge in [-0.15, -0.1) is 0 Å². The smallest absolute Gasteiger partial charge is 0.239 e. The third kappa shape index (κ3) is 3.99. The van der Waals surface area contributed by atoms with Crippen LogP contribution in [0.5, 0.6) is 0 Å². The van der Waals surface area contributed by atoms with E-state index in [4.69, 9.17) is 5.73 Å². The molecule has 1 aromatic heterocycles. The lowest BCUT2D eigenvalue weighted by molar-refractivity contribution is -0.119. The van der Waals surface area contributed by atoms with Crippen molar-refractivity contribution in [2.45, 2.75) is 20.4 Å². The summed E-state index contributed by atoms with van der Waals surface area (Å²) in [6, 6.07) is 1.77. The van der Waals surface area contributed by atoms with Gasteiger partial charge in [-0.1, -0.05) is 0 Å². The average Bonchev–Trinajstić information content (AvgIpc) is 2.36. The maximum atomic E-state index is 11.5. The van der Waals surface area contributed by atoms with Gasteiger partial charge in [-0.3, -0.25) is 4.79 Å². The second kappa shape index (κ2) is 6.80. The number of amides is 1. The first-order valence-corrected chi connectivity index (χ1v) is 5.74. The Hall–Kier alpha value is -1.69. The van der Waals surface area contributed by atoms with Gasteiger partial charge in [0.25, 0.3) is 0 Å². The first-order valence-electron chi connectivity index (χ1n) is 5.74. The van der Waals surface area contributed by atoms with Gasteiger partial charge in [-0.2, -0.15) is 0 Å². The highest BCUT2D eigenvalue weighted by Crippen LogP contribution is 2.06. The second-order valence-electron chi connectivity index (χ2n) is 3.52. The third-order valence-electron chi connectivity index (χ3n) is 2.28. The van der Waals surface area contributed by atoms with Gasteiger partial charge < -0.3 is 16.0 Å². The van der Waals surface area contributed by atoms with Crippen molar-refractivity contribution in [3.63, 3.8) is 0 Å². The predicted molar refractivity (Wildman–Crippen MR) is 66.5 cm³/mol. The first-order chi connectivity index (χ1) is 8.21. The summed E-state index contributed by atoms with van der Waals surface area (Å²) in [5.74, 6) is 0.512. The van der Waals surface area contributed by atoms with Crippen molar-refractivity contribution in [3.8, 4) is 0 Å². The number of aromatic nitrogens is 2. The van der Waals surface area contributed by atoms with Crippen LogP contribution in [0.25, 0.3) is 0 Å². The van der Waals surface area contributed by atoms with E-state index in [-0.39, 0.29) is 12.5 Å². The molecule has 0 radical (unpaired) electrons. The maximum Gasteiger partial charge on any atom is 0.239 e. The van der Waals surface area contributed by atoms with Crippen LogP contribution >= 0.6 is 0 Å². The zero-order valence-corrected chi connectivity index (χ0v) is 10.3. The molecule has 3 N–H and O–H groups in total. The van der Waals surface area contributed by atoms with Gasteiger partial charge >= 0.3 is 0 Å². The normalized spacial score (nSPS) is 10.1. The molecule has 0 aliphatic carbocycles. The first kappa shape index (κ1) is 13.4. The molecule has 94 valence electrons. The molecule has 0 atom stereocenters. The molecule has 0 fully saturated rings. The highest BCUT2D eigenvalue weighted by Gasteiger charge is 2.11. The molecule has 6 nitrogen and oxygen atoms in total. The van der Waals surface area contributed by atoms with E-state index in [9.17, 15) is 4.79 Å². The van der Waals surface area contributed by atoms with E-state index in [1.165, 1.54) is 0 Å². The molecule has 17 heavy (non-hydrogen) atoms. The number of likely N-dealkylation sites (N-methyl/N-ethyl adjacent to an activating group) is 2. The number of carbonyl (C=O) groups excluding carboxylic acids is 1. The number of nitrogens with two attached hydrogens (primary N) is 1. The Labute approximate surface area is 101 Å². The Bertz CT molecular complexity index is 369. The monoisotopic (exact) mass is 237 g/mol. The molecule has 1 amide bonds. The van der Waals surface area contributed by atoms with Gasteiger partial charge in [0.15, 0.2) is 0 Å². The SMILES string of the molecule is CCNC(=O)CN(CC)c1nccc(CN)n1. The highest BCUT2D eigenvalue weighted by atomic mass is 16.2. The van der Waals surface area contributed by atoms with Crippen molar-refractivity contribution in [1.29, 1.82) is 0 Å². The number of hydrogen-bond donors (Lipinski definition) is 2. The minimum Gasteiger partial charge on any atom is -0.355 e. The van der Waals surface area contributed by atoms with Crippen LogP contribution in [0.2, 0.25) is 0 Å². The van der Waals surface area contributed by atoms with Crippen molar-refractivity contribution >= 4 is 11.9 Å². The van der Waals surface area contributed by atoms with Gasteiger partial charge in [-0.25, -0.2) is 9.97 Å². The molecule has 0 saturated carbocycles. The van der Waals surface area contributed by atoms with E-state index >= 15 is 0 Å². The van der Waals surface area contributed by atoms with Crippen molar-refractivity contribution in [2.75, 3.05) is 24.5 Å². The lowest BCUT2D eigenvalue weighted by Crippen LogP contribution is -2.38. The quantitative estimate of drug-likeness (QED) is 0.721. The lowest BCUT2D eigenvalue weighted by atomic mass is 10.4. The van der Waals surface area contributed by atoms with Gasteiger partial charge in [0, 0.05) is 25.8 Å². The Morgan fingerprint density at radius 3 is 2.88 bits per heavy atom. The fourth-order valence-electron chi connectivity index (χ4n) is 1.40. The number of hydrogen-bond acceptors (Lipinski definition) is 5. The molecule has 1 rings (SSSR count). The Morgan fingerprint density at radius 2 is 2.29 bits per heavy atom. The van der Waals surface area contributed by atoms with E-state index in [1.807, 2.05) is 18.7 Å². The summed E-state index contributed by atoms with van der Waals surface area (Å²) in [5.41, 5.74) is 6.29. The van der Waals surface area contributed by atoms with Crippen LogP contribution in [0.1, 0.15) is 19.5 Å². The molecule has 0 aromatic carbocycles. The van der Waals surface area contributed by atoms with Crippen LogP contribution in [0.3, 0.4) is 0 Å². The Balaban J connectivity index is 2.74. The van der Waals surface area contributed by atoms with Crippen molar-refractivity contribution in [1.82, 2.24) is 15.3 Å². The fourth-order valence-corrected chi connectivity index (χ4v) is 1.40. The largest absolute Gasteiger partial charge is 0.355 e. The predicted octanol–water partition coefficient (Wildman–Crippen LogP) is -0.102. The molecule has 6 heteroatoms. The summed E-state index contributed by atoms with van der Waals surface area (Å²) in [7, 11) is 0. The summed E-state index contributed by atoms with van der Waals surface area (Å²) < 4.78 is 0. The number of carbonyl (C=O) groups is 1. The van der Waals surface area contributed by atoms with Gasteiger partial charge in [-0.05, 0) is 19.9 Å². The van der Waals surface area contributed by atoms with Crippen molar-refractivity contribution in [3.05, 3.63) is 18.0 Å². The van der Waals surface area contributed by atoms with Gasteiger partial charge in [0.1, 0.15) is 0 Å². The van der Waals surface area contributed by atoms with E-state index in [1.54, 1.807) is 12.3 Å². The zero-order valence-electron chi connectivity index (χ0n) is 10.3. The summed E-state index contributed by atoms with van der Waals surface area (Å²) in [6.45, 7) is 5.77. The van der Waals surface area contributed by atoms with Crippen molar-refractivity contribution in [2.24, 2.45) is 5.73 Å². The molecule has 1 aromatic rings. The summed E-state index contributed by atoms with van der Waals surface area (Å²) in [4.78, 5) is 21.8. The van der Waals surface area contributed by atoms with Crippen LogP contribution in [-0.4, -0.2) is 35.5 Å². The Morgan fingerprint density at radius 1 is 1.53 bits per heavy atom. The summed E-state index contributed by atoms with van der Waals surface area (Å²) in [6.07, 6.45) is 1.66. The molecule has 1 heterocycles. The van der Waals surface area contributed by atoms with Crippen molar-refractivity contribution < 1.29 is 4.79 Å². The molecule has 0 spiro atoms. The Kier molecular flexibility index (Phi) is 5.35. The highest BCUT2D eigenvalue weighted by molar-refractivity contribution is 5.80. The topological polar surface area (TPSA) is 84.1 Å². The van der Waals surface area contributed by atoms with Crippen LogP contribution in [0.15, 0.2) is 12.3 Å². The van der Waals surface area contributed by atoms with E-state index in [0.29, 0.717) is 25.6 Å². The molecule has 0 saturated heterocycles. The fraction of sp³-hybridized carbons (Fsp3) is 0.545. The molecular formula is C11H19N5O. The van der Waals surface area contributed by atoms with Gasteiger partial charge in [0.2, 0.25) is 11.9 Å². The second-order valence-corrected chi connectivity index (χ2v) is 3.52. The third-order valence-corrected chi connectivity index (χ3v) is 2.28. The molecular weight excluding hydrogens is 218 g/mol. The van der Waals surface area contributed by atoms with E-state index < -0.39 is 0 Å². The molecule has 0 aliphatic rings. The minimum atomic E-state index is -0.0314. The summed E-state index contributed by atoms with van der Waals surface area (Å²) >= 11 is 0. The standard InChI is InChI=1S/C11H19N5O/c1-3-13-10(17)8-16(4-2)11-14-6-5-9(7-12)15-11/h5-6H,3-4,7-8,12H2,1-2H3,(H,13,17). The van der Waals surface area contributed by atoms with Crippen LogP contribution < -0.4 is 16.0 Å².